The van der Waals surface area contributed by atoms with E-state index in [1.807, 2.05) is 62.4 Å². The van der Waals surface area contributed by atoms with Crippen molar-refractivity contribution in [2.24, 2.45) is 0 Å². The lowest BCUT2D eigenvalue weighted by atomic mass is 10.1. The summed E-state index contributed by atoms with van der Waals surface area (Å²) in [6, 6.07) is 15.9. The fourth-order valence-electron chi connectivity index (χ4n) is 2.37. The molecule has 3 aromatic rings. The summed E-state index contributed by atoms with van der Waals surface area (Å²) in [6.07, 6.45) is 0. The molecule has 7 heteroatoms. The first-order valence-corrected chi connectivity index (χ1v) is 8.91. The minimum absolute atomic E-state index is 0.0490. The summed E-state index contributed by atoms with van der Waals surface area (Å²) in [5.41, 5.74) is 4.29. The van der Waals surface area contributed by atoms with Crippen LogP contribution in [0.1, 0.15) is 16.7 Å². The van der Waals surface area contributed by atoms with Crippen LogP contribution in [0.5, 0.6) is 0 Å². The molecule has 0 fully saturated rings. The van der Waals surface area contributed by atoms with Crippen molar-refractivity contribution in [2.45, 2.75) is 25.5 Å². The molecule has 0 atom stereocenters. The maximum Gasteiger partial charge on any atom is 0.230 e. The number of amides is 1. The smallest absolute Gasteiger partial charge is 0.230 e. The molecule has 0 radical (unpaired) electrons. The highest BCUT2D eigenvalue weighted by Crippen LogP contribution is 2.18. The van der Waals surface area contributed by atoms with Crippen molar-refractivity contribution in [1.82, 2.24) is 25.5 Å². The Morgan fingerprint density at radius 1 is 1.16 bits per heavy atom. The minimum atomic E-state index is -0.0490. The number of thioether (sulfide) groups is 1. The van der Waals surface area contributed by atoms with Gasteiger partial charge in [-0.3, -0.25) is 4.79 Å². The van der Waals surface area contributed by atoms with Gasteiger partial charge in [0.25, 0.3) is 0 Å². The van der Waals surface area contributed by atoms with E-state index in [9.17, 15) is 4.79 Å². The zero-order valence-electron chi connectivity index (χ0n) is 14.1. The Labute approximate surface area is 150 Å². The zero-order valence-corrected chi connectivity index (χ0v) is 15.0. The largest absolute Gasteiger partial charge is 0.351 e. The van der Waals surface area contributed by atoms with Crippen molar-refractivity contribution in [3.63, 3.8) is 0 Å². The third-order valence-corrected chi connectivity index (χ3v) is 4.68. The van der Waals surface area contributed by atoms with Crippen molar-refractivity contribution in [1.29, 1.82) is 0 Å². The Hall–Kier alpha value is -2.67. The Balaban J connectivity index is 1.58. The minimum Gasteiger partial charge on any atom is -0.351 e. The predicted octanol–water partition coefficient (Wildman–Crippen LogP) is 2.69. The number of benzene rings is 2. The number of hydrogen-bond acceptors (Lipinski definition) is 5. The Bertz CT molecular complexity index is 877. The molecule has 128 valence electrons. The van der Waals surface area contributed by atoms with Gasteiger partial charge in [0.05, 0.1) is 11.4 Å². The summed E-state index contributed by atoms with van der Waals surface area (Å²) >= 11 is 1.32. The molecule has 0 bridgehead atoms. The van der Waals surface area contributed by atoms with Crippen molar-refractivity contribution in [2.75, 3.05) is 5.75 Å². The van der Waals surface area contributed by atoms with E-state index >= 15 is 0 Å². The second-order valence-corrected chi connectivity index (χ2v) is 6.65. The molecule has 1 amide bonds. The lowest BCUT2D eigenvalue weighted by molar-refractivity contribution is -0.118. The molecule has 0 spiro atoms. The number of nitrogens with zero attached hydrogens (tertiary/aromatic N) is 4. The molecule has 1 aromatic heterocycles. The third kappa shape index (κ3) is 4.45. The average Bonchev–Trinajstić information content (AvgIpc) is 3.08. The summed E-state index contributed by atoms with van der Waals surface area (Å²) in [7, 11) is 0. The molecular formula is C18H19N5OS. The van der Waals surface area contributed by atoms with Crippen LogP contribution in [0.3, 0.4) is 0 Å². The normalized spacial score (nSPS) is 10.6. The Kier molecular flexibility index (Phi) is 5.45. The van der Waals surface area contributed by atoms with E-state index in [0.29, 0.717) is 11.7 Å². The zero-order chi connectivity index (χ0) is 17.6. The molecule has 0 saturated heterocycles. The topological polar surface area (TPSA) is 72.7 Å². The second-order valence-electron chi connectivity index (χ2n) is 5.70. The summed E-state index contributed by atoms with van der Waals surface area (Å²) < 4.78 is 1.65. The van der Waals surface area contributed by atoms with Gasteiger partial charge < -0.3 is 5.32 Å². The number of rotatable bonds is 6. The van der Waals surface area contributed by atoms with E-state index in [2.05, 4.69) is 20.8 Å². The number of hydrogen-bond donors (Lipinski definition) is 1. The quantitative estimate of drug-likeness (QED) is 0.690. The number of aromatic nitrogens is 4. The van der Waals surface area contributed by atoms with Crippen molar-refractivity contribution >= 4 is 17.7 Å². The average molecular weight is 353 g/mol. The van der Waals surface area contributed by atoms with Gasteiger partial charge in [-0.2, -0.15) is 4.68 Å². The molecule has 6 nitrogen and oxygen atoms in total. The van der Waals surface area contributed by atoms with Crippen molar-refractivity contribution in [3.8, 4) is 5.69 Å². The fraction of sp³-hybridized carbons (Fsp3) is 0.222. The van der Waals surface area contributed by atoms with Crippen LogP contribution in [0.15, 0.2) is 53.7 Å². The molecule has 1 N–H and O–H groups in total. The fourth-order valence-corrected chi connectivity index (χ4v) is 3.09. The monoisotopic (exact) mass is 353 g/mol. The highest BCUT2D eigenvalue weighted by atomic mass is 32.2. The molecule has 0 aliphatic carbocycles. The van der Waals surface area contributed by atoms with Gasteiger partial charge in [-0.15, -0.1) is 5.10 Å². The molecule has 0 aliphatic heterocycles. The Morgan fingerprint density at radius 3 is 2.80 bits per heavy atom. The van der Waals surface area contributed by atoms with Gasteiger partial charge >= 0.3 is 0 Å². The van der Waals surface area contributed by atoms with Gasteiger partial charge in [0.1, 0.15) is 0 Å². The lowest BCUT2D eigenvalue weighted by Gasteiger charge is -2.08. The van der Waals surface area contributed by atoms with Crippen LogP contribution in [0.2, 0.25) is 0 Å². The van der Waals surface area contributed by atoms with Gasteiger partial charge in [0.2, 0.25) is 11.1 Å². The van der Waals surface area contributed by atoms with E-state index in [1.54, 1.807) is 4.68 Å². The van der Waals surface area contributed by atoms with E-state index in [0.717, 1.165) is 16.8 Å². The maximum absolute atomic E-state index is 12.1. The molecule has 1 heterocycles. The van der Waals surface area contributed by atoms with Gasteiger partial charge in [-0.25, -0.2) is 0 Å². The Morgan fingerprint density at radius 2 is 2.00 bits per heavy atom. The number of carbonyl (C=O) groups excluding carboxylic acids is 1. The van der Waals surface area contributed by atoms with E-state index in [4.69, 9.17) is 0 Å². The summed E-state index contributed by atoms with van der Waals surface area (Å²) in [4.78, 5) is 12.1. The lowest BCUT2D eigenvalue weighted by Crippen LogP contribution is -2.25. The molecular weight excluding hydrogens is 334 g/mol. The molecule has 2 aromatic carbocycles. The van der Waals surface area contributed by atoms with Crippen LogP contribution in [0, 0.1) is 13.8 Å². The van der Waals surface area contributed by atoms with Crippen LogP contribution in [0.25, 0.3) is 5.69 Å². The standard InChI is InChI=1S/C18H19N5OS/c1-13-6-5-9-16(10-13)23-18(20-21-22-23)25-12-17(24)19-11-15-8-4-3-7-14(15)2/h3-10H,11-12H2,1-2H3,(H,19,24). The van der Waals surface area contributed by atoms with Crippen LogP contribution in [0.4, 0.5) is 0 Å². The van der Waals surface area contributed by atoms with Gasteiger partial charge in [-0.05, 0) is 53.1 Å². The van der Waals surface area contributed by atoms with Crippen LogP contribution in [-0.2, 0) is 11.3 Å². The van der Waals surface area contributed by atoms with Gasteiger partial charge in [-0.1, -0.05) is 48.2 Å². The van der Waals surface area contributed by atoms with Crippen molar-refractivity contribution in [3.05, 3.63) is 65.2 Å². The number of tetrazole rings is 1. The van der Waals surface area contributed by atoms with E-state index in [-0.39, 0.29) is 11.7 Å². The summed E-state index contributed by atoms with van der Waals surface area (Å²) in [5, 5.41) is 15.3. The van der Waals surface area contributed by atoms with Crippen LogP contribution >= 0.6 is 11.8 Å². The maximum atomic E-state index is 12.1. The summed E-state index contributed by atoms with van der Waals surface area (Å²) in [6.45, 7) is 4.57. The molecule has 0 unspecified atom stereocenters. The first kappa shape index (κ1) is 17.2. The molecule has 3 rings (SSSR count). The highest BCUT2D eigenvalue weighted by molar-refractivity contribution is 7.99. The number of carbonyl (C=O) groups is 1. The van der Waals surface area contributed by atoms with E-state index in [1.165, 1.54) is 17.3 Å². The summed E-state index contributed by atoms with van der Waals surface area (Å²) in [5.74, 6) is 0.213. The van der Waals surface area contributed by atoms with Crippen molar-refractivity contribution < 1.29 is 4.79 Å². The predicted molar refractivity (Wildman–Crippen MR) is 97.6 cm³/mol. The highest BCUT2D eigenvalue weighted by Gasteiger charge is 2.11. The molecule has 0 saturated carbocycles. The first-order valence-electron chi connectivity index (χ1n) is 7.93. The molecule has 0 aliphatic rings. The van der Waals surface area contributed by atoms with E-state index < -0.39 is 0 Å². The SMILES string of the molecule is Cc1cccc(-n2nnnc2SCC(=O)NCc2ccccc2C)c1. The van der Waals surface area contributed by atoms with Crippen LogP contribution in [-0.4, -0.2) is 31.9 Å². The third-order valence-electron chi connectivity index (χ3n) is 3.76. The number of aryl methyl sites for hydroxylation is 2. The number of nitrogens with one attached hydrogen (secondary N) is 1. The molecule has 25 heavy (non-hydrogen) atoms. The van der Waals surface area contributed by atoms with Gasteiger partial charge in [0, 0.05) is 6.54 Å². The van der Waals surface area contributed by atoms with Crippen LogP contribution < -0.4 is 5.32 Å². The second kappa shape index (κ2) is 7.94. The first-order chi connectivity index (χ1) is 12.1. The van der Waals surface area contributed by atoms with Gasteiger partial charge in [0.15, 0.2) is 0 Å².